The molecule has 3 N–H and O–H groups in total. The number of anilines is 1. The molecule has 1 aliphatic rings. The van der Waals surface area contributed by atoms with Crippen LogP contribution in [0.15, 0.2) is 23.1 Å². The van der Waals surface area contributed by atoms with E-state index in [1.807, 2.05) is 0 Å². The molecule has 0 radical (unpaired) electrons. The highest BCUT2D eigenvalue weighted by molar-refractivity contribution is 7.93. The van der Waals surface area contributed by atoms with Crippen molar-refractivity contribution < 1.29 is 13.2 Å². The van der Waals surface area contributed by atoms with Crippen LogP contribution < -0.4 is 11.1 Å². The number of carbonyl (C=O) groups is 1. The van der Waals surface area contributed by atoms with E-state index in [4.69, 9.17) is 5.73 Å². The van der Waals surface area contributed by atoms with Crippen molar-refractivity contribution in [3.05, 3.63) is 23.8 Å². The molecule has 6 heteroatoms. The second-order valence-electron chi connectivity index (χ2n) is 5.66. The van der Waals surface area contributed by atoms with Gasteiger partial charge in [-0.25, -0.2) is 8.42 Å². The Balaban J connectivity index is 2.21. The van der Waals surface area contributed by atoms with Gasteiger partial charge in [0, 0.05) is 6.04 Å². The Kier molecular flexibility index (Phi) is 4.56. The zero-order chi connectivity index (χ0) is 15.6. The molecular formula is C15H22N2O3S. The Morgan fingerprint density at radius 3 is 2.57 bits per heavy atom. The van der Waals surface area contributed by atoms with Crippen molar-refractivity contribution in [3.63, 3.8) is 0 Å². The van der Waals surface area contributed by atoms with Gasteiger partial charge in [-0.1, -0.05) is 25.0 Å². The van der Waals surface area contributed by atoms with Gasteiger partial charge in [-0.05, 0) is 38.3 Å². The van der Waals surface area contributed by atoms with Crippen LogP contribution in [0.25, 0.3) is 0 Å². The molecule has 21 heavy (non-hydrogen) atoms. The number of amides is 1. The molecule has 2 rings (SSSR count). The fourth-order valence-corrected chi connectivity index (χ4v) is 4.09. The molecule has 0 saturated heterocycles. The zero-order valence-corrected chi connectivity index (χ0v) is 13.2. The Bertz CT molecular complexity index is 634. The number of rotatable bonds is 4. The Hall–Kier alpha value is -1.56. The molecule has 1 atom stereocenters. The van der Waals surface area contributed by atoms with Gasteiger partial charge in [-0.3, -0.25) is 4.79 Å². The van der Waals surface area contributed by atoms with Gasteiger partial charge in [0.25, 0.3) is 0 Å². The molecule has 0 aliphatic heterocycles. The van der Waals surface area contributed by atoms with Crippen molar-refractivity contribution in [3.8, 4) is 0 Å². The fraction of sp³-hybridized carbons (Fsp3) is 0.533. The average Bonchev–Trinajstić information content (AvgIpc) is 2.93. The normalized spacial score (nSPS) is 17.6. The van der Waals surface area contributed by atoms with E-state index >= 15 is 0 Å². The second kappa shape index (κ2) is 6.05. The third-order valence-electron chi connectivity index (χ3n) is 4.13. The van der Waals surface area contributed by atoms with Crippen LogP contribution in [0.2, 0.25) is 0 Å². The summed E-state index contributed by atoms with van der Waals surface area (Å²) in [6.07, 6.45) is 4.00. The second-order valence-corrected chi connectivity index (χ2v) is 7.90. The van der Waals surface area contributed by atoms with Crippen molar-refractivity contribution in [1.82, 2.24) is 5.32 Å². The third kappa shape index (κ3) is 3.20. The van der Waals surface area contributed by atoms with Crippen LogP contribution in [0, 0.1) is 6.92 Å². The first kappa shape index (κ1) is 15.8. The van der Waals surface area contributed by atoms with Gasteiger partial charge < -0.3 is 11.1 Å². The van der Waals surface area contributed by atoms with Gasteiger partial charge in [-0.15, -0.1) is 0 Å². The summed E-state index contributed by atoms with van der Waals surface area (Å²) >= 11 is 0. The van der Waals surface area contributed by atoms with E-state index in [2.05, 4.69) is 5.32 Å². The number of hydrogen-bond donors (Lipinski definition) is 2. The number of nitrogens with two attached hydrogens (primary N) is 1. The lowest BCUT2D eigenvalue weighted by atomic mass is 10.2. The van der Waals surface area contributed by atoms with Gasteiger partial charge in [-0.2, -0.15) is 0 Å². The lowest BCUT2D eigenvalue weighted by Crippen LogP contribution is -2.42. The third-order valence-corrected chi connectivity index (χ3v) is 6.24. The van der Waals surface area contributed by atoms with Gasteiger partial charge in [0.2, 0.25) is 5.91 Å². The molecule has 1 aliphatic carbocycles. The number of hydrogen-bond acceptors (Lipinski definition) is 4. The minimum absolute atomic E-state index is 0.0385. The first-order valence-electron chi connectivity index (χ1n) is 7.23. The average molecular weight is 310 g/mol. The van der Waals surface area contributed by atoms with Gasteiger partial charge in [0.15, 0.2) is 9.84 Å². The van der Waals surface area contributed by atoms with Crippen molar-refractivity contribution in [2.45, 2.75) is 55.7 Å². The maximum absolute atomic E-state index is 12.6. The summed E-state index contributed by atoms with van der Waals surface area (Å²) in [5, 5.41) is 1.69. The minimum Gasteiger partial charge on any atom is -0.397 e. The van der Waals surface area contributed by atoms with Crippen LogP contribution in [0.4, 0.5) is 5.69 Å². The van der Waals surface area contributed by atoms with E-state index < -0.39 is 21.0 Å². The molecule has 1 aromatic carbocycles. The van der Waals surface area contributed by atoms with Crippen molar-refractivity contribution in [1.29, 1.82) is 0 Å². The molecular weight excluding hydrogens is 288 g/mol. The molecule has 0 spiro atoms. The summed E-state index contributed by atoms with van der Waals surface area (Å²) < 4.78 is 25.2. The van der Waals surface area contributed by atoms with E-state index in [1.54, 1.807) is 19.1 Å². The van der Waals surface area contributed by atoms with E-state index in [0.717, 1.165) is 25.7 Å². The topological polar surface area (TPSA) is 89.3 Å². The van der Waals surface area contributed by atoms with E-state index in [1.165, 1.54) is 13.0 Å². The number of aryl methyl sites for hydroxylation is 1. The standard InChI is InChI=1S/C15H22N2O3S/c1-10-6-5-9-13(14(10)16)21(19,20)11(2)15(18)17-12-7-3-4-8-12/h5-6,9,11-12H,3-4,7-8,16H2,1-2H3,(H,17,18). The zero-order valence-electron chi connectivity index (χ0n) is 12.4. The Morgan fingerprint density at radius 2 is 1.95 bits per heavy atom. The number of benzene rings is 1. The Labute approximate surface area is 125 Å². The van der Waals surface area contributed by atoms with Crippen LogP contribution in [0.1, 0.15) is 38.2 Å². The van der Waals surface area contributed by atoms with Crippen molar-refractivity contribution >= 4 is 21.4 Å². The molecule has 0 heterocycles. The summed E-state index contributed by atoms with van der Waals surface area (Å²) in [7, 11) is -3.77. The number of carbonyl (C=O) groups excluding carboxylic acids is 1. The van der Waals surface area contributed by atoms with E-state index in [0.29, 0.717) is 5.56 Å². The SMILES string of the molecule is Cc1cccc(S(=O)(=O)C(C)C(=O)NC2CCCC2)c1N. The van der Waals surface area contributed by atoms with Gasteiger partial charge >= 0.3 is 0 Å². The predicted molar refractivity (Wildman–Crippen MR) is 82.6 cm³/mol. The largest absolute Gasteiger partial charge is 0.397 e. The van der Waals surface area contributed by atoms with E-state index in [9.17, 15) is 13.2 Å². The molecule has 0 aromatic heterocycles. The van der Waals surface area contributed by atoms with Crippen molar-refractivity contribution in [2.24, 2.45) is 0 Å². The highest BCUT2D eigenvalue weighted by Gasteiger charge is 2.33. The van der Waals surface area contributed by atoms with Crippen LogP contribution in [-0.2, 0) is 14.6 Å². The van der Waals surface area contributed by atoms with Crippen LogP contribution in [-0.4, -0.2) is 25.6 Å². The van der Waals surface area contributed by atoms with Crippen LogP contribution >= 0.6 is 0 Å². The van der Waals surface area contributed by atoms with Gasteiger partial charge in [0.05, 0.1) is 10.6 Å². The number of para-hydroxylation sites is 1. The maximum Gasteiger partial charge on any atom is 0.238 e. The Morgan fingerprint density at radius 1 is 1.33 bits per heavy atom. The highest BCUT2D eigenvalue weighted by Crippen LogP contribution is 2.26. The fourth-order valence-electron chi connectivity index (χ4n) is 2.62. The molecule has 5 nitrogen and oxygen atoms in total. The summed E-state index contributed by atoms with van der Waals surface area (Å²) in [4.78, 5) is 12.2. The first-order valence-corrected chi connectivity index (χ1v) is 8.78. The number of sulfone groups is 1. The monoisotopic (exact) mass is 310 g/mol. The molecule has 0 bridgehead atoms. The summed E-state index contributed by atoms with van der Waals surface area (Å²) in [5.41, 5.74) is 6.77. The van der Waals surface area contributed by atoms with Crippen molar-refractivity contribution in [2.75, 3.05) is 5.73 Å². The molecule has 1 amide bonds. The number of nitrogen functional groups attached to an aromatic ring is 1. The summed E-state index contributed by atoms with van der Waals surface area (Å²) in [5.74, 6) is -0.442. The molecule has 116 valence electrons. The highest BCUT2D eigenvalue weighted by atomic mass is 32.2. The van der Waals surface area contributed by atoms with Crippen LogP contribution in [0.5, 0.6) is 0 Å². The number of nitrogens with one attached hydrogen (secondary N) is 1. The smallest absolute Gasteiger partial charge is 0.238 e. The molecule has 1 saturated carbocycles. The summed E-state index contributed by atoms with van der Waals surface area (Å²) in [6, 6.07) is 4.94. The van der Waals surface area contributed by atoms with Crippen LogP contribution in [0.3, 0.4) is 0 Å². The van der Waals surface area contributed by atoms with Gasteiger partial charge in [0.1, 0.15) is 5.25 Å². The first-order chi connectivity index (χ1) is 9.84. The lowest BCUT2D eigenvalue weighted by Gasteiger charge is -2.18. The molecule has 1 aromatic rings. The molecule has 1 unspecified atom stereocenters. The predicted octanol–water partition coefficient (Wildman–Crippen LogP) is 1.80. The molecule has 1 fully saturated rings. The summed E-state index contributed by atoms with van der Waals surface area (Å²) in [6.45, 7) is 3.17. The lowest BCUT2D eigenvalue weighted by molar-refractivity contribution is -0.121. The maximum atomic E-state index is 12.6. The minimum atomic E-state index is -3.77. The van der Waals surface area contributed by atoms with E-state index in [-0.39, 0.29) is 16.6 Å². The quantitative estimate of drug-likeness (QED) is 0.830.